The molecule has 2 aromatic carbocycles. The monoisotopic (exact) mass is 402 g/mol. The fourth-order valence-electron chi connectivity index (χ4n) is 4.20. The van der Waals surface area contributed by atoms with Crippen LogP contribution in [0.25, 0.3) is 0 Å². The van der Waals surface area contributed by atoms with Gasteiger partial charge in [-0.25, -0.2) is 12.8 Å². The first kappa shape index (κ1) is 19.1. The standard InChI is InChI=1S/C21H23FN2O3S/c1-15-14-17-4-2-3-5-20(17)24(15)21(25)16-10-12-23(13-11-16)28(26,27)19-8-6-18(22)7-9-19/h2-9,15-16H,10-14H2,1H3/t15-/m1/s1. The zero-order chi connectivity index (χ0) is 19.9. The van der Waals surface area contributed by atoms with Crippen molar-refractivity contribution in [3.8, 4) is 0 Å². The van der Waals surface area contributed by atoms with Gasteiger partial charge in [0.15, 0.2) is 0 Å². The highest BCUT2D eigenvalue weighted by molar-refractivity contribution is 7.89. The molecule has 0 radical (unpaired) electrons. The smallest absolute Gasteiger partial charge is 0.243 e. The first-order valence-corrected chi connectivity index (χ1v) is 11.0. The number of hydrogen-bond acceptors (Lipinski definition) is 3. The lowest BCUT2D eigenvalue weighted by molar-refractivity contribution is -0.123. The Kier molecular flexibility index (Phi) is 4.97. The quantitative estimate of drug-likeness (QED) is 0.792. The summed E-state index contributed by atoms with van der Waals surface area (Å²) in [4.78, 5) is 15.1. The number of rotatable bonds is 3. The zero-order valence-electron chi connectivity index (χ0n) is 15.7. The van der Waals surface area contributed by atoms with E-state index in [1.807, 2.05) is 30.0 Å². The predicted molar refractivity (Wildman–Crippen MR) is 105 cm³/mol. The summed E-state index contributed by atoms with van der Waals surface area (Å²) >= 11 is 0. The van der Waals surface area contributed by atoms with Gasteiger partial charge in [0, 0.05) is 30.7 Å². The molecule has 2 aliphatic rings. The van der Waals surface area contributed by atoms with Crippen molar-refractivity contribution in [3.63, 3.8) is 0 Å². The predicted octanol–water partition coefficient (Wildman–Crippen LogP) is 3.20. The van der Waals surface area contributed by atoms with Crippen LogP contribution in [-0.2, 0) is 21.2 Å². The molecule has 1 fully saturated rings. The highest BCUT2D eigenvalue weighted by atomic mass is 32.2. The van der Waals surface area contributed by atoms with E-state index in [2.05, 4.69) is 6.07 Å². The van der Waals surface area contributed by atoms with Crippen molar-refractivity contribution in [1.82, 2.24) is 4.31 Å². The molecule has 0 saturated carbocycles. The number of hydrogen-bond donors (Lipinski definition) is 0. The van der Waals surface area contributed by atoms with Gasteiger partial charge in [-0.1, -0.05) is 18.2 Å². The van der Waals surface area contributed by atoms with Crippen molar-refractivity contribution >= 4 is 21.6 Å². The summed E-state index contributed by atoms with van der Waals surface area (Å²) in [6, 6.07) is 12.9. The Labute approximate surface area is 164 Å². The van der Waals surface area contributed by atoms with Gasteiger partial charge in [-0.2, -0.15) is 4.31 Å². The summed E-state index contributed by atoms with van der Waals surface area (Å²) in [5.74, 6) is -0.576. The van der Waals surface area contributed by atoms with Crippen LogP contribution in [0.4, 0.5) is 10.1 Å². The molecule has 0 N–H and O–H groups in total. The summed E-state index contributed by atoms with van der Waals surface area (Å²) in [7, 11) is -3.66. The van der Waals surface area contributed by atoms with Gasteiger partial charge in [0.1, 0.15) is 5.82 Å². The summed E-state index contributed by atoms with van der Waals surface area (Å²) in [5, 5.41) is 0. The minimum absolute atomic E-state index is 0.0799. The number of carbonyl (C=O) groups excluding carboxylic acids is 1. The Morgan fingerprint density at radius 1 is 1.04 bits per heavy atom. The highest BCUT2D eigenvalue weighted by Gasteiger charge is 2.38. The summed E-state index contributed by atoms with van der Waals surface area (Å²) in [5.41, 5.74) is 2.15. The van der Waals surface area contributed by atoms with Crippen LogP contribution in [0.1, 0.15) is 25.3 Å². The van der Waals surface area contributed by atoms with Crippen molar-refractivity contribution in [1.29, 1.82) is 0 Å². The molecule has 0 unspecified atom stereocenters. The summed E-state index contributed by atoms with van der Waals surface area (Å²) < 4.78 is 40.0. The lowest BCUT2D eigenvalue weighted by Crippen LogP contribution is -2.46. The summed E-state index contributed by atoms with van der Waals surface area (Å²) in [6.45, 7) is 2.63. The Bertz CT molecular complexity index is 983. The van der Waals surface area contributed by atoms with E-state index in [0.717, 1.165) is 24.2 Å². The Morgan fingerprint density at radius 3 is 2.36 bits per heavy atom. The lowest BCUT2D eigenvalue weighted by Gasteiger charge is -2.34. The van der Waals surface area contributed by atoms with Crippen LogP contribution in [0.15, 0.2) is 53.4 Å². The normalized spacial score (nSPS) is 20.9. The number of nitrogens with zero attached hydrogens (tertiary/aromatic N) is 2. The number of piperidine rings is 1. The number of benzene rings is 2. The average Bonchev–Trinajstić information content (AvgIpc) is 3.03. The maximum Gasteiger partial charge on any atom is 0.243 e. The van der Waals surface area contributed by atoms with Crippen LogP contribution in [0.3, 0.4) is 0 Å². The van der Waals surface area contributed by atoms with Crippen molar-refractivity contribution in [2.45, 2.75) is 37.1 Å². The molecule has 148 valence electrons. The van der Waals surface area contributed by atoms with Crippen LogP contribution in [0, 0.1) is 11.7 Å². The fourth-order valence-corrected chi connectivity index (χ4v) is 5.67. The van der Waals surface area contributed by atoms with E-state index in [-0.39, 0.29) is 22.8 Å². The maximum atomic E-state index is 13.2. The second-order valence-corrected chi connectivity index (χ2v) is 9.46. The largest absolute Gasteiger partial charge is 0.309 e. The molecule has 0 bridgehead atoms. The Morgan fingerprint density at radius 2 is 1.68 bits per heavy atom. The third-order valence-electron chi connectivity index (χ3n) is 5.70. The molecule has 7 heteroatoms. The molecular weight excluding hydrogens is 379 g/mol. The minimum Gasteiger partial charge on any atom is -0.309 e. The van der Waals surface area contributed by atoms with Gasteiger partial charge in [0.2, 0.25) is 15.9 Å². The molecule has 28 heavy (non-hydrogen) atoms. The lowest BCUT2D eigenvalue weighted by atomic mass is 9.96. The number of amides is 1. The van der Waals surface area contributed by atoms with Crippen LogP contribution in [0.2, 0.25) is 0 Å². The van der Waals surface area contributed by atoms with Gasteiger partial charge < -0.3 is 4.90 Å². The van der Waals surface area contributed by atoms with Crippen LogP contribution < -0.4 is 4.90 Å². The molecular formula is C21H23FN2O3S. The van der Waals surface area contributed by atoms with E-state index < -0.39 is 15.8 Å². The number of fused-ring (bicyclic) bond motifs is 1. The number of halogens is 1. The van der Waals surface area contributed by atoms with Crippen LogP contribution in [0.5, 0.6) is 0 Å². The second kappa shape index (κ2) is 7.29. The first-order valence-electron chi connectivity index (χ1n) is 9.54. The molecule has 1 amide bonds. The van der Waals surface area contributed by atoms with Crippen molar-refractivity contribution < 1.29 is 17.6 Å². The molecule has 2 heterocycles. The third kappa shape index (κ3) is 3.33. The van der Waals surface area contributed by atoms with E-state index in [0.29, 0.717) is 25.9 Å². The molecule has 5 nitrogen and oxygen atoms in total. The van der Waals surface area contributed by atoms with Crippen LogP contribution >= 0.6 is 0 Å². The molecule has 2 aliphatic heterocycles. The minimum atomic E-state index is -3.66. The number of anilines is 1. The van der Waals surface area contributed by atoms with Gasteiger partial charge in [-0.05, 0) is 62.1 Å². The second-order valence-electron chi connectivity index (χ2n) is 7.52. The zero-order valence-corrected chi connectivity index (χ0v) is 16.5. The first-order chi connectivity index (χ1) is 13.4. The third-order valence-corrected chi connectivity index (χ3v) is 7.61. The van der Waals surface area contributed by atoms with Gasteiger partial charge >= 0.3 is 0 Å². The molecule has 0 aromatic heterocycles. The number of carbonyl (C=O) groups is 1. The van der Waals surface area contributed by atoms with E-state index in [1.54, 1.807) is 0 Å². The topological polar surface area (TPSA) is 57.7 Å². The van der Waals surface area contributed by atoms with Crippen molar-refractivity contribution in [2.24, 2.45) is 5.92 Å². The fraction of sp³-hybridized carbons (Fsp3) is 0.381. The molecule has 1 atom stereocenters. The summed E-state index contributed by atoms with van der Waals surface area (Å²) in [6.07, 6.45) is 1.83. The van der Waals surface area contributed by atoms with E-state index in [4.69, 9.17) is 0 Å². The molecule has 0 spiro atoms. The van der Waals surface area contributed by atoms with Gasteiger partial charge in [-0.3, -0.25) is 4.79 Å². The van der Waals surface area contributed by atoms with Crippen molar-refractivity contribution in [3.05, 3.63) is 59.9 Å². The SMILES string of the molecule is C[C@@H]1Cc2ccccc2N1C(=O)C1CCN(S(=O)(=O)c2ccc(F)cc2)CC1. The van der Waals surface area contributed by atoms with Crippen molar-refractivity contribution in [2.75, 3.05) is 18.0 Å². The van der Waals surface area contributed by atoms with Gasteiger partial charge in [0.25, 0.3) is 0 Å². The molecule has 0 aliphatic carbocycles. The molecule has 4 rings (SSSR count). The Balaban J connectivity index is 1.46. The molecule has 2 aromatic rings. The Hall–Kier alpha value is -2.25. The highest BCUT2D eigenvalue weighted by Crippen LogP contribution is 2.35. The van der Waals surface area contributed by atoms with Gasteiger partial charge in [-0.15, -0.1) is 0 Å². The van der Waals surface area contributed by atoms with E-state index >= 15 is 0 Å². The van der Waals surface area contributed by atoms with Gasteiger partial charge in [0.05, 0.1) is 4.90 Å². The van der Waals surface area contributed by atoms with E-state index in [9.17, 15) is 17.6 Å². The molecule has 1 saturated heterocycles. The average molecular weight is 402 g/mol. The van der Waals surface area contributed by atoms with E-state index in [1.165, 1.54) is 22.0 Å². The number of para-hydroxylation sites is 1. The maximum absolute atomic E-state index is 13.2. The number of sulfonamides is 1. The van der Waals surface area contributed by atoms with Crippen LogP contribution in [-0.4, -0.2) is 37.8 Å².